The lowest BCUT2D eigenvalue weighted by Crippen LogP contribution is -2.53. The van der Waals surface area contributed by atoms with Gasteiger partial charge in [-0.1, -0.05) is 136 Å². The Morgan fingerprint density at radius 2 is 1.00 bits per heavy atom. The van der Waals surface area contributed by atoms with Crippen molar-refractivity contribution in [3.8, 4) is 0 Å². The molecule has 2 aliphatic rings. The first-order valence-corrected chi connectivity index (χ1v) is 16.0. The largest absolute Gasteiger partial charge is 0.465 e. The van der Waals surface area contributed by atoms with Gasteiger partial charge in [0.2, 0.25) is 0 Å². The number of fused-ring (bicyclic) bond motifs is 1. The second kappa shape index (κ2) is 19.1. The van der Waals surface area contributed by atoms with Gasteiger partial charge in [-0.25, -0.2) is 0 Å². The van der Waals surface area contributed by atoms with Crippen LogP contribution >= 0.6 is 0 Å². The average Bonchev–Trinajstić information content (AvgIpc) is 2.90. The van der Waals surface area contributed by atoms with Crippen molar-refractivity contribution in [1.82, 2.24) is 0 Å². The van der Waals surface area contributed by atoms with E-state index in [0.717, 1.165) is 57.8 Å². The van der Waals surface area contributed by atoms with E-state index in [0.29, 0.717) is 25.6 Å². The highest BCUT2D eigenvalue weighted by Crippen LogP contribution is 2.52. The van der Waals surface area contributed by atoms with E-state index in [9.17, 15) is 9.59 Å². The van der Waals surface area contributed by atoms with Crippen LogP contribution < -0.4 is 0 Å². The van der Waals surface area contributed by atoms with Gasteiger partial charge in [-0.3, -0.25) is 9.59 Å². The molecule has 36 heavy (non-hydrogen) atoms. The number of carbonyl (C=O) groups is 2. The van der Waals surface area contributed by atoms with Gasteiger partial charge in [0.1, 0.15) is 0 Å². The highest BCUT2D eigenvalue weighted by molar-refractivity contribution is 6.00. The molecule has 2 aliphatic carbocycles. The summed E-state index contributed by atoms with van der Waals surface area (Å²) in [6, 6.07) is 0. The summed E-state index contributed by atoms with van der Waals surface area (Å²) in [7, 11) is 0. The Balaban J connectivity index is 1.81. The summed E-state index contributed by atoms with van der Waals surface area (Å²) in [6.45, 7) is 5.38. The molecular formula is C32H58O4. The molecule has 0 saturated heterocycles. The van der Waals surface area contributed by atoms with Gasteiger partial charge in [0, 0.05) is 0 Å². The zero-order valence-corrected chi connectivity index (χ0v) is 24.0. The number of rotatable bonds is 20. The molecule has 2 unspecified atom stereocenters. The Morgan fingerprint density at radius 3 is 1.50 bits per heavy atom. The quantitative estimate of drug-likeness (QED) is 0.0937. The maximum absolute atomic E-state index is 13.6. The topological polar surface area (TPSA) is 52.6 Å². The molecule has 2 saturated carbocycles. The molecule has 0 spiro atoms. The Labute approximate surface area is 223 Å². The molecule has 0 aromatic carbocycles. The minimum atomic E-state index is -1.05. The van der Waals surface area contributed by atoms with E-state index in [1.165, 1.54) is 83.5 Å². The van der Waals surface area contributed by atoms with Gasteiger partial charge in [-0.05, 0) is 37.5 Å². The zero-order valence-electron chi connectivity index (χ0n) is 24.0. The molecule has 210 valence electrons. The summed E-state index contributed by atoms with van der Waals surface area (Å²) in [5, 5.41) is 0. The first-order valence-electron chi connectivity index (χ1n) is 16.0. The maximum atomic E-state index is 13.6. The Morgan fingerprint density at radius 1 is 0.583 bits per heavy atom. The lowest BCUT2D eigenvalue weighted by Gasteiger charge is -2.46. The maximum Gasteiger partial charge on any atom is 0.323 e. The van der Waals surface area contributed by atoms with Crippen LogP contribution in [0.5, 0.6) is 0 Å². The van der Waals surface area contributed by atoms with Crippen LogP contribution in [0.25, 0.3) is 0 Å². The lowest BCUT2D eigenvalue weighted by molar-refractivity contribution is -0.184. The van der Waals surface area contributed by atoms with Crippen LogP contribution in [0, 0.1) is 17.3 Å². The third-order valence-corrected chi connectivity index (χ3v) is 8.88. The summed E-state index contributed by atoms with van der Waals surface area (Å²) < 4.78 is 11.7. The number of esters is 2. The van der Waals surface area contributed by atoms with Gasteiger partial charge >= 0.3 is 11.9 Å². The second-order valence-electron chi connectivity index (χ2n) is 11.7. The van der Waals surface area contributed by atoms with Crippen molar-refractivity contribution in [2.45, 2.75) is 162 Å². The van der Waals surface area contributed by atoms with Gasteiger partial charge in [0.05, 0.1) is 13.2 Å². The van der Waals surface area contributed by atoms with Crippen molar-refractivity contribution in [3.05, 3.63) is 0 Å². The average molecular weight is 507 g/mol. The van der Waals surface area contributed by atoms with Crippen LogP contribution in [0.4, 0.5) is 0 Å². The lowest BCUT2D eigenvalue weighted by atomic mass is 9.57. The van der Waals surface area contributed by atoms with E-state index in [4.69, 9.17) is 9.47 Å². The molecule has 0 aromatic heterocycles. The highest BCUT2D eigenvalue weighted by Gasteiger charge is 2.58. The summed E-state index contributed by atoms with van der Waals surface area (Å²) in [5.41, 5.74) is -1.05. The van der Waals surface area contributed by atoms with Crippen molar-refractivity contribution < 1.29 is 19.1 Å². The van der Waals surface area contributed by atoms with E-state index in [1.54, 1.807) is 0 Å². The molecule has 4 nitrogen and oxygen atoms in total. The monoisotopic (exact) mass is 506 g/mol. The van der Waals surface area contributed by atoms with Gasteiger partial charge in [0.15, 0.2) is 5.41 Å². The van der Waals surface area contributed by atoms with Crippen LogP contribution in [0.3, 0.4) is 0 Å². The third-order valence-electron chi connectivity index (χ3n) is 8.88. The molecule has 2 rings (SSSR count). The fourth-order valence-corrected chi connectivity index (χ4v) is 6.68. The van der Waals surface area contributed by atoms with E-state index in [1.807, 2.05) is 0 Å². The van der Waals surface area contributed by atoms with E-state index in [-0.39, 0.29) is 17.9 Å². The van der Waals surface area contributed by atoms with Gasteiger partial charge in [-0.2, -0.15) is 0 Å². The third kappa shape index (κ3) is 10.4. The minimum Gasteiger partial charge on any atom is -0.465 e. The van der Waals surface area contributed by atoms with E-state index >= 15 is 0 Å². The smallest absolute Gasteiger partial charge is 0.323 e. The number of hydrogen-bond acceptors (Lipinski definition) is 4. The molecule has 0 N–H and O–H groups in total. The normalized spacial score (nSPS) is 21.1. The Bertz CT molecular complexity index is 551. The number of unbranched alkanes of at least 4 members (excludes halogenated alkanes) is 14. The number of ether oxygens (including phenoxy) is 2. The fourth-order valence-electron chi connectivity index (χ4n) is 6.68. The number of carbonyl (C=O) groups excluding carboxylic acids is 2. The predicted octanol–water partition coefficient (Wildman–Crippen LogP) is 9.33. The van der Waals surface area contributed by atoms with Crippen LogP contribution in [-0.2, 0) is 19.1 Å². The van der Waals surface area contributed by atoms with Gasteiger partial charge in [0.25, 0.3) is 0 Å². The summed E-state index contributed by atoms with van der Waals surface area (Å²) >= 11 is 0. The second-order valence-corrected chi connectivity index (χ2v) is 11.7. The van der Waals surface area contributed by atoms with Crippen molar-refractivity contribution >= 4 is 11.9 Å². The predicted molar refractivity (Wildman–Crippen MR) is 149 cm³/mol. The molecule has 2 fully saturated rings. The van der Waals surface area contributed by atoms with E-state index in [2.05, 4.69) is 13.8 Å². The van der Waals surface area contributed by atoms with E-state index < -0.39 is 5.41 Å². The van der Waals surface area contributed by atoms with Crippen LogP contribution in [0.1, 0.15) is 162 Å². The summed E-state index contributed by atoms with van der Waals surface area (Å²) in [6.07, 6.45) is 26.6. The summed E-state index contributed by atoms with van der Waals surface area (Å²) in [4.78, 5) is 27.1. The Hall–Kier alpha value is -1.06. The van der Waals surface area contributed by atoms with Crippen molar-refractivity contribution in [1.29, 1.82) is 0 Å². The molecule has 0 amide bonds. The molecule has 0 aliphatic heterocycles. The fraction of sp³-hybridized carbons (Fsp3) is 0.938. The Kier molecular flexibility index (Phi) is 16.5. The molecular weight excluding hydrogens is 448 g/mol. The highest BCUT2D eigenvalue weighted by atomic mass is 16.6. The van der Waals surface area contributed by atoms with Crippen LogP contribution in [0.15, 0.2) is 0 Å². The summed E-state index contributed by atoms with van der Waals surface area (Å²) in [5.74, 6) is 0.0295. The van der Waals surface area contributed by atoms with Crippen molar-refractivity contribution in [3.63, 3.8) is 0 Å². The zero-order chi connectivity index (χ0) is 25.9. The van der Waals surface area contributed by atoms with Crippen molar-refractivity contribution in [2.24, 2.45) is 17.3 Å². The molecule has 4 heteroatoms. The van der Waals surface area contributed by atoms with Gasteiger partial charge < -0.3 is 9.47 Å². The minimum absolute atomic E-state index is 0.108. The first-order chi connectivity index (χ1) is 17.7. The van der Waals surface area contributed by atoms with Crippen LogP contribution in [0.2, 0.25) is 0 Å². The van der Waals surface area contributed by atoms with Crippen LogP contribution in [-0.4, -0.2) is 25.2 Å². The SMILES string of the molecule is CCCCCCCCCCOC(=O)C1(C(=O)OCCCCCCCCCC)CCCC2CCCCC21. The molecule has 0 heterocycles. The van der Waals surface area contributed by atoms with Gasteiger partial charge in [-0.15, -0.1) is 0 Å². The molecule has 0 radical (unpaired) electrons. The standard InChI is InChI=1S/C32H58O4/c1-3-5-7-9-11-13-15-19-26-35-30(33)32(25-21-23-28-22-17-18-24-29(28)32)31(34)36-27-20-16-14-12-10-8-6-4-2/h28-29H,3-27H2,1-2H3. The number of hydrogen-bond donors (Lipinski definition) is 0. The molecule has 2 atom stereocenters. The molecule has 0 aromatic rings. The first kappa shape index (κ1) is 31.2. The molecule has 0 bridgehead atoms. The van der Waals surface area contributed by atoms with Crippen molar-refractivity contribution in [2.75, 3.05) is 13.2 Å².